The summed E-state index contributed by atoms with van der Waals surface area (Å²) in [6.45, 7) is 5.12. The summed E-state index contributed by atoms with van der Waals surface area (Å²) in [6, 6.07) is 11.1. The van der Waals surface area contributed by atoms with Gasteiger partial charge in [0.05, 0.1) is 12.1 Å². The van der Waals surface area contributed by atoms with E-state index in [-0.39, 0.29) is 6.10 Å². The van der Waals surface area contributed by atoms with Crippen molar-refractivity contribution >= 4 is 0 Å². The third kappa shape index (κ3) is 2.34. The Labute approximate surface area is 97.2 Å². The topological polar surface area (TPSA) is 23.2 Å². The van der Waals surface area contributed by atoms with Gasteiger partial charge in [-0.1, -0.05) is 42.5 Å². The second-order valence-electron chi connectivity index (χ2n) is 4.37. The Hall–Kier alpha value is -1.12. The van der Waals surface area contributed by atoms with Crippen molar-refractivity contribution in [3.63, 3.8) is 0 Å². The van der Waals surface area contributed by atoms with Crippen molar-refractivity contribution in [1.82, 2.24) is 4.90 Å². The Morgan fingerprint density at radius 1 is 1.38 bits per heavy atom. The lowest BCUT2D eigenvalue weighted by Crippen LogP contribution is -2.18. The van der Waals surface area contributed by atoms with E-state index in [0.717, 1.165) is 6.54 Å². The fourth-order valence-electron chi connectivity index (χ4n) is 2.17. The van der Waals surface area contributed by atoms with E-state index in [0.29, 0.717) is 12.1 Å². The van der Waals surface area contributed by atoms with Crippen LogP contribution in [-0.2, 0) is 0 Å². The number of aliphatic hydroxyl groups excluding tert-OH is 1. The lowest BCUT2D eigenvalue weighted by Gasteiger charge is -2.15. The first-order valence-corrected chi connectivity index (χ1v) is 5.85. The molecule has 0 bridgehead atoms. The zero-order chi connectivity index (χ0) is 11.5. The predicted octanol–water partition coefficient (Wildman–Crippen LogP) is 2.37. The summed E-state index contributed by atoms with van der Waals surface area (Å²) in [7, 11) is 0. The van der Waals surface area contributed by atoms with Crippen LogP contribution < -0.4 is 0 Å². The highest BCUT2D eigenvalue weighted by Crippen LogP contribution is 2.33. The van der Waals surface area contributed by atoms with Gasteiger partial charge in [0.25, 0.3) is 0 Å². The van der Waals surface area contributed by atoms with Crippen LogP contribution in [-0.4, -0.2) is 28.7 Å². The molecule has 0 spiro atoms. The SMILES string of the molecule is C/C=C/[C@H](O)[C@H]1CN1[C@H](C)c1ccccc1. The summed E-state index contributed by atoms with van der Waals surface area (Å²) in [5.74, 6) is 0. The Bertz CT molecular complexity index is 360. The van der Waals surface area contributed by atoms with E-state index in [9.17, 15) is 5.11 Å². The monoisotopic (exact) mass is 217 g/mol. The fourth-order valence-corrected chi connectivity index (χ4v) is 2.17. The summed E-state index contributed by atoms with van der Waals surface area (Å²) in [5, 5.41) is 9.83. The first-order valence-electron chi connectivity index (χ1n) is 5.85. The van der Waals surface area contributed by atoms with Gasteiger partial charge < -0.3 is 5.11 Å². The Kier molecular flexibility index (Phi) is 3.42. The summed E-state index contributed by atoms with van der Waals surface area (Å²) < 4.78 is 0. The molecule has 0 saturated carbocycles. The molecule has 1 aromatic carbocycles. The minimum Gasteiger partial charge on any atom is -0.387 e. The molecule has 0 aliphatic carbocycles. The van der Waals surface area contributed by atoms with E-state index in [4.69, 9.17) is 0 Å². The molecule has 2 rings (SSSR count). The third-order valence-corrected chi connectivity index (χ3v) is 3.25. The number of hydrogen-bond acceptors (Lipinski definition) is 2. The van der Waals surface area contributed by atoms with Crippen molar-refractivity contribution in [3.8, 4) is 0 Å². The zero-order valence-electron chi connectivity index (χ0n) is 9.88. The molecule has 1 aliphatic rings. The number of rotatable bonds is 4. The van der Waals surface area contributed by atoms with Gasteiger partial charge >= 0.3 is 0 Å². The van der Waals surface area contributed by atoms with Gasteiger partial charge in [-0.05, 0) is 19.4 Å². The van der Waals surface area contributed by atoms with E-state index in [2.05, 4.69) is 36.1 Å². The molecule has 0 amide bonds. The number of allylic oxidation sites excluding steroid dienone is 1. The smallest absolute Gasteiger partial charge is 0.0888 e. The van der Waals surface area contributed by atoms with Crippen molar-refractivity contribution in [2.24, 2.45) is 0 Å². The number of hydrogen-bond donors (Lipinski definition) is 1. The molecule has 1 fully saturated rings. The quantitative estimate of drug-likeness (QED) is 0.618. The molecule has 1 N–H and O–H groups in total. The fraction of sp³-hybridized carbons (Fsp3) is 0.429. The summed E-state index contributed by atoms with van der Waals surface area (Å²) in [6.07, 6.45) is 3.45. The van der Waals surface area contributed by atoms with E-state index >= 15 is 0 Å². The lowest BCUT2D eigenvalue weighted by molar-refractivity contribution is 0.192. The van der Waals surface area contributed by atoms with Crippen LogP contribution in [0.2, 0.25) is 0 Å². The highest BCUT2D eigenvalue weighted by Gasteiger charge is 2.41. The molecular weight excluding hydrogens is 198 g/mol. The first kappa shape index (κ1) is 11.4. The van der Waals surface area contributed by atoms with Crippen LogP contribution in [0.5, 0.6) is 0 Å². The molecule has 1 heterocycles. The molecule has 4 atom stereocenters. The summed E-state index contributed by atoms with van der Waals surface area (Å²) >= 11 is 0. The highest BCUT2D eigenvalue weighted by atomic mass is 16.3. The largest absolute Gasteiger partial charge is 0.387 e. The van der Waals surface area contributed by atoms with Gasteiger partial charge in [0.2, 0.25) is 0 Å². The summed E-state index contributed by atoms with van der Waals surface area (Å²) in [4.78, 5) is 2.32. The maximum absolute atomic E-state index is 9.83. The molecule has 86 valence electrons. The van der Waals surface area contributed by atoms with Crippen LogP contribution in [0, 0.1) is 0 Å². The average molecular weight is 217 g/mol. The molecule has 1 unspecified atom stereocenters. The number of nitrogens with zero attached hydrogens (tertiary/aromatic N) is 1. The molecule has 0 aromatic heterocycles. The third-order valence-electron chi connectivity index (χ3n) is 3.25. The van der Waals surface area contributed by atoms with Crippen LogP contribution in [0.25, 0.3) is 0 Å². The van der Waals surface area contributed by atoms with Crippen LogP contribution >= 0.6 is 0 Å². The van der Waals surface area contributed by atoms with Gasteiger partial charge in [0.1, 0.15) is 0 Å². The van der Waals surface area contributed by atoms with Gasteiger partial charge in [-0.15, -0.1) is 0 Å². The molecule has 2 heteroatoms. The molecule has 1 saturated heterocycles. The molecule has 16 heavy (non-hydrogen) atoms. The zero-order valence-corrected chi connectivity index (χ0v) is 9.88. The Morgan fingerprint density at radius 3 is 2.69 bits per heavy atom. The molecule has 0 radical (unpaired) electrons. The standard InChI is InChI=1S/C14H19NO/c1-3-7-14(16)13-10-15(13)11(2)12-8-5-4-6-9-12/h3-9,11,13-14,16H,10H2,1-2H3/b7-3+/t11-,13-,14+,15?/m1/s1. The molecule has 2 nitrogen and oxygen atoms in total. The van der Waals surface area contributed by atoms with Gasteiger partial charge in [-0.3, -0.25) is 4.90 Å². The average Bonchev–Trinajstić information content (AvgIpc) is 3.09. The van der Waals surface area contributed by atoms with Crippen molar-refractivity contribution in [3.05, 3.63) is 48.0 Å². The number of benzene rings is 1. The van der Waals surface area contributed by atoms with E-state index in [1.807, 2.05) is 25.1 Å². The Balaban J connectivity index is 1.97. The van der Waals surface area contributed by atoms with E-state index < -0.39 is 0 Å². The first-order chi connectivity index (χ1) is 7.74. The van der Waals surface area contributed by atoms with Gasteiger partial charge in [0, 0.05) is 12.6 Å². The van der Waals surface area contributed by atoms with Crippen molar-refractivity contribution < 1.29 is 5.11 Å². The minimum atomic E-state index is -0.323. The van der Waals surface area contributed by atoms with E-state index in [1.165, 1.54) is 5.56 Å². The maximum Gasteiger partial charge on any atom is 0.0888 e. The van der Waals surface area contributed by atoms with Gasteiger partial charge in [0.15, 0.2) is 0 Å². The molecule has 1 aliphatic heterocycles. The number of aliphatic hydroxyl groups is 1. The second-order valence-corrected chi connectivity index (χ2v) is 4.37. The molecular formula is C14H19NO. The lowest BCUT2D eigenvalue weighted by atomic mass is 10.1. The van der Waals surface area contributed by atoms with Crippen LogP contribution in [0.15, 0.2) is 42.5 Å². The maximum atomic E-state index is 9.83. The van der Waals surface area contributed by atoms with Crippen molar-refractivity contribution in [2.75, 3.05) is 6.54 Å². The van der Waals surface area contributed by atoms with Crippen LogP contribution in [0.1, 0.15) is 25.5 Å². The second kappa shape index (κ2) is 4.81. The van der Waals surface area contributed by atoms with Crippen LogP contribution in [0.3, 0.4) is 0 Å². The Morgan fingerprint density at radius 2 is 2.06 bits per heavy atom. The highest BCUT2D eigenvalue weighted by molar-refractivity contribution is 5.21. The molecule has 1 aromatic rings. The van der Waals surface area contributed by atoms with E-state index in [1.54, 1.807) is 0 Å². The normalized spacial score (nSPS) is 27.9. The minimum absolute atomic E-state index is 0.298. The van der Waals surface area contributed by atoms with Gasteiger partial charge in [-0.2, -0.15) is 0 Å². The predicted molar refractivity (Wildman–Crippen MR) is 66.2 cm³/mol. The van der Waals surface area contributed by atoms with Crippen molar-refractivity contribution in [2.45, 2.75) is 32.0 Å². The summed E-state index contributed by atoms with van der Waals surface area (Å²) in [5.41, 5.74) is 1.32. The van der Waals surface area contributed by atoms with Crippen molar-refractivity contribution in [1.29, 1.82) is 0 Å². The van der Waals surface area contributed by atoms with Crippen LogP contribution in [0.4, 0.5) is 0 Å². The van der Waals surface area contributed by atoms with Gasteiger partial charge in [-0.25, -0.2) is 0 Å².